The van der Waals surface area contributed by atoms with Gasteiger partial charge in [-0.1, -0.05) is 18.2 Å². The van der Waals surface area contributed by atoms with Crippen LogP contribution in [-0.4, -0.2) is 85.7 Å². The molecule has 0 radical (unpaired) electrons. The first kappa shape index (κ1) is 24.1. The normalized spacial score (nSPS) is 22.4. The third kappa shape index (κ3) is 4.53. The van der Waals surface area contributed by atoms with Gasteiger partial charge in [0, 0.05) is 37.3 Å². The molecule has 2 N–H and O–H groups in total. The number of ether oxygens (including phenoxy) is 2. The Hall–Kier alpha value is -2.60. The first-order chi connectivity index (χ1) is 16.5. The van der Waals surface area contributed by atoms with Crippen molar-refractivity contribution in [1.82, 2.24) is 19.6 Å². The smallest absolute Gasteiger partial charge is 0.410 e. The lowest BCUT2D eigenvalue weighted by Crippen LogP contribution is -2.41. The fraction of sp³-hybridized carbons (Fsp3) is 0.542. The van der Waals surface area contributed by atoms with E-state index < -0.39 is 16.2 Å². The van der Waals surface area contributed by atoms with Crippen LogP contribution in [0, 0.1) is 0 Å². The van der Waals surface area contributed by atoms with Gasteiger partial charge in [0.15, 0.2) is 5.69 Å². The highest BCUT2D eigenvalue weighted by molar-refractivity contribution is 8.23. The summed E-state index contributed by atoms with van der Waals surface area (Å²) in [7, 11) is -3.13. The van der Waals surface area contributed by atoms with Crippen LogP contribution in [0.4, 0.5) is 4.79 Å². The van der Waals surface area contributed by atoms with Gasteiger partial charge in [-0.25, -0.2) is 4.79 Å². The summed E-state index contributed by atoms with van der Waals surface area (Å²) in [6, 6.07) is 7.00. The molecule has 1 unspecified atom stereocenters. The Bertz CT molecular complexity index is 1150. The van der Waals surface area contributed by atoms with Crippen molar-refractivity contribution >= 4 is 22.6 Å². The van der Waals surface area contributed by atoms with E-state index in [2.05, 4.69) is 0 Å². The Kier molecular flexibility index (Phi) is 6.07. The van der Waals surface area contributed by atoms with E-state index in [9.17, 15) is 18.7 Å². The summed E-state index contributed by atoms with van der Waals surface area (Å²) < 4.78 is 34.7. The van der Waals surface area contributed by atoms with Crippen LogP contribution in [-0.2, 0) is 15.2 Å². The molecule has 3 aliphatic rings. The summed E-state index contributed by atoms with van der Waals surface area (Å²) in [4.78, 5) is 30.0. The van der Waals surface area contributed by atoms with Gasteiger partial charge in [0.25, 0.3) is 5.91 Å². The lowest BCUT2D eigenvalue weighted by atomic mass is 10.0. The van der Waals surface area contributed by atoms with E-state index in [-0.39, 0.29) is 29.5 Å². The second-order valence-corrected chi connectivity index (χ2v) is 12.3. The molecule has 3 aliphatic heterocycles. The maximum atomic E-state index is 13.5. The highest BCUT2D eigenvalue weighted by Crippen LogP contribution is 2.60. The summed E-state index contributed by atoms with van der Waals surface area (Å²) in [5.41, 5.74) is 1.59. The van der Waals surface area contributed by atoms with Gasteiger partial charge in [-0.15, -0.1) is 0 Å². The van der Waals surface area contributed by atoms with E-state index in [1.54, 1.807) is 21.9 Å². The standard InChI is InChI=1S/C24H32N4O6S/c1-24(2,3)34-23(30)27-9-8-16(14-27)28-21-17-6-4-5-7-19(17)35(31,32)15-18(21)20(25-28)22(29)26-10-12-33-13-11-26/h4-7,16,31-32H,8-15H2,1-3H3. The molecule has 10 nitrogen and oxygen atoms in total. The maximum absolute atomic E-state index is 13.5. The van der Waals surface area contributed by atoms with Crippen LogP contribution in [0.3, 0.4) is 0 Å². The average molecular weight is 505 g/mol. The third-order valence-corrected chi connectivity index (χ3v) is 8.26. The molecule has 2 saturated heterocycles. The van der Waals surface area contributed by atoms with E-state index in [0.717, 1.165) is 5.69 Å². The monoisotopic (exact) mass is 504 g/mol. The number of amides is 2. The van der Waals surface area contributed by atoms with Crippen molar-refractivity contribution < 1.29 is 28.2 Å². The Balaban J connectivity index is 1.55. The van der Waals surface area contributed by atoms with Gasteiger partial charge in [0.05, 0.1) is 35.6 Å². The molecule has 0 spiro atoms. The number of morpholine rings is 1. The van der Waals surface area contributed by atoms with E-state index in [4.69, 9.17) is 14.6 Å². The van der Waals surface area contributed by atoms with Gasteiger partial charge in [-0.3, -0.25) is 18.6 Å². The van der Waals surface area contributed by atoms with E-state index in [1.807, 2.05) is 37.6 Å². The molecular weight excluding hydrogens is 472 g/mol. The Morgan fingerprint density at radius 3 is 2.54 bits per heavy atom. The van der Waals surface area contributed by atoms with Crippen molar-refractivity contribution in [3.8, 4) is 11.3 Å². The summed E-state index contributed by atoms with van der Waals surface area (Å²) in [6.45, 7) is 8.25. The van der Waals surface area contributed by atoms with E-state index >= 15 is 0 Å². The third-order valence-electron chi connectivity index (χ3n) is 6.51. The van der Waals surface area contributed by atoms with Gasteiger partial charge < -0.3 is 19.3 Å². The molecule has 190 valence electrons. The second-order valence-electron chi connectivity index (χ2n) is 10.2. The number of rotatable bonds is 2. The van der Waals surface area contributed by atoms with Gasteiger partial charge in [-0.05, 0) is 33.3 Å². The highest BCUT2D eigenvalue weighted by Gasteiger charge is 2.40. The number of benzene rings is 1. The highest BCUT2D eigenvalue weighted by atomic mass is 32.3. The summed E-state index contributed by atoms with van der Waals surface area (Å²) >= 11 is 0. The SMILES string of the molecule is CC(C)(C)OC(=O)N1CCC(n2nc(C(=O)N3CCOCC3)c3c2-c2ccccc2S(O)(O)C3)C1. The van der Waals surface area contributed by atoms with Gasteiger partial charge in [0.1, 0.15) is 5.60 Å². The minimum Gasteiger partial charge on any atom is -0.444 e. The van der Waals surface area contributed by atoms with Crippen LogP contribution < -0.4 is 0 Å². The second kappa shape index (κ2) is 8.81. The average Bonchev–Trinajstić information content (AvgIpc) is 3.43. The number of nitrogens with zero attached hydrogens (tertiary/aromatic N) is 4. The molecule has 4 heterocycles. The molecule has 1 aromatic heterocycles. The lowest BCUT2D eigenvalue weighted by molar-refractivity contribution is 0.0284. The fourth-order valence-electron chi connectivity index (χ4n) is 4.90. The summed E-state index contributed by atoms with van der Waals surface area (Å²) in [6.07, 6.45) is 0.275. The van der Waals surface area contributed by atoms with Crippen molar-refractivity contribution in [1.29, 1.82) is 0 Å². The molecule has 2 fully saturated rings. The van der Waals surface area contributed by atoms with Crippen LogP contribution in [0.25, 0.3) is 11.3 Å². The van der Waals surface area contributed by atoms with E-state index in [0.29, 0.717) is 61.8 Å². The number of likely N-dealkylation sites (tertiary alicyclic amines) is 1. The van der Waals surface area contributed by atoms with Crippen LogP contribution in [0.15, 0.2) is 29.2 Å². The number of aromatic nitrogens is 2. The minimum absolute atomic E-state index is 0.0622. The largest absolute Gasteiger partial charge is 0.444 e. The molecule has 0 saturated carbocycles. The van der Waals surface area contributed by atoms with Crippen molar-refractivity contribution in [2.75, 3.05) is 39.4 Å². The summed E-state index contributed by atoms with van der Waals surface area (Å²) in [5.74, 6) is -0.298. The summed E-state index contributed by atoms with van der Waals surface area (Å²) in [5, 5.41) is 4.78. The number of fused-ring (bicyclic) bond motifs is 3. The number of carbonyl (C=O) groups excluding carboxylic acids is 2. The van der Waals surface area contributed by atoms with Crippen molar-refractivity contribution in [2.24, 2.45) is 0 Å². The van der Waals surface area contributed by atoms with Gasteiger partial charge >= 0.3 is 6.09 Å². The van der Waals surface area contributed by atoms with Crippen molar-refractivity contribution in [3.05, 3.63) is 35.5 Å². The Labute approximate surface area is 206 Å². The van der Waals surface area contributed by atoms with Crippen molar-refractivity contribution in [3.63, 3.8) is 0 Å². The molecule has 0 aliphatic carbocycles. The zero-order valence-corrected chi connectivity index (χ0v) is 21.1. The first-order valence-corrected chi connectivity index (χ1v) is 13.6. The van der Waals surface area contributed by atoms with Crippen LogP contribution >= 0.6 is 10.6 Å². The molecule has 11 heteroatoms. The van der Waals surface area contributed by atoms with Gasteiger partial charge in [0.2, 0.25) is 0 Å². The van der Waals surface area contributed by atoms with Crippen molar-refractivity contribution in [2.45, 2.75) is 49.5 Å². The Morgan fingerprint density at radius 2 is 1.83 bits per heavy atom. The predicted molar refractivity (Wildman–Crippen MR) is 131 cm³/mol. The number of hydrogen-bond acceptors (Lipinski definition) is 7. The van der Waals surface area contributed by atoms with Crippen LogP contribution in [0.5, 0.6) is 0 Å². The minimum atomic E-state index is -3.13. The fourth-order valence-corrected chi connectivity index (χ4v) is 6.55. The lowest BCUT2D eigenvalue weighted by Gasteiger charge is -2.38. The molecule has 35 heavy (non-hydrogen) atoms. The molecule has 2 amide bonds. The Morgan fingerprint density at radius 1 is 1.11 bits per heavy atom. The zero-order valence-electron chi connectivity index (χ0n) is 20.3. The zero-order chi connectivity index (χ0) is 25.0. The quantitative estimate of drug-likeness (QED) is 0.638. The molecule has 1 atom stereocenters. The molecule has 5 rings (SSSR count). The predicted octanol–water partition coefficient (Wildman–Crippen LogP) is 3.83. The van der Waals surface area contributed by atoms with Crippen LogP contribution in [0.2, 0.25) is 0 Å². The molecule has 0 bridgehead atoms. The molecule has 1 aromatic carbocycles. The van der Waals surface area contributed by atoms with E-state index in [1.165, 1.54) is 0 Å². The topological polar surface area (TPSA) is 117 Å². The van der Waals surface area contributed by atoms with Gasteiger partial charge in [-0.2, -0.15) is 15.7 Å². The molecule has 2 aromatic rings. The molecular formula is C24H32N4O6S. The first-order valence-electron chi connectivity index (χ1n) is 11.9. The van der Waals surface area contributed by atoms with Crippen LogP contribution in [0.1, 0.15) is 49.3 Å². The number of hydrogen-bond donors (Lipinski definition) is 2. The maximum Gasteiger partial charge on any atom is 0.410 e. The number of carbonyl (C=O) groups is 2.